The fourth-order valence-corrected chi connectivity index (χ4v) is 2.33. The Hall–Kier alpha value is -2.76. The van der Waals surface area contributed by atoms with Gasteiger partial charge in [0.2, 0.25) is 0 Å². The van der Waals surface area contributed by atoms with Gasteiger partial charge in [-0.25, -0.2) is 4.79 Å². The van der Waals surface area contributed by atoms with E-state index in [9.17, 15) is 18.0 Å². The van der Waals surface area contributed by atoms with Crippen LogP contribution in [0.3, 0.4) is 0 Å². The van der Waals surface area contributed by atoms with Gasteiger partial charge in [0.25, 0.3) is 0 Å². The van der Waals surface area contributed by atoms with Crippen molar-refractivity contribution >= 4 is 23.6 Å². The summed E-state index contributed by atoms with van der Waals surface area (Å²) < 4.78 is 44.0. The zero-order chi connectivity index (χ0) is 16.6. The quantitative estimate of drug-likeness (QED) is 0.756. The highest BCUT2D eigenvalue weighted by Gasteiger charge is 2.34. The van der Waals surface area contributed by atoms with Crippen LogP contribution in [0, 0.1) is 0 Å². The number of carbonyl (C=O) groups is 1. The molecule has 0 fully saturated rings. The molecule has 23 heavy (non-hydrogen) atoms. The Bertz CT molecular complexity index is 782. The third kappa shape index (κ3) is 2.92. The second kappa shape index (κ2) is 5.46. The first-order valence-corrected chi connectivity index (χ1v) is 6.80. The van der Waals surface area contributed by atoms with Crippen molar-refractivity contribution in [1.29, 1.82) is 0 Å². The molecular formula is C17H12F3NO2. The molecule has 2 aromatic rings. The molecule has 1 aliphatic rings. The summed E-state index contributed by atoms with van der Waals surface area (Å²) in [6.45, 7) is 0. The highest BCUT2D eigenvalue weighted by molar-refractivity contribution is 6.01. The number of benzene rings is 2. The van der Waals surface area contributed by atoms with Crippen LogP contribution in [0.2, 0.25) is 0 Å². The van der Waals surface area contributed by atoms with E-state index in [0.717, 1.165) is 17.7 Å². The first-order valence-electron chi connectivity index (χ1n) is 6.80. The van der Waals surface area contributed by atoms with Crippen LogP contribution in [0.25, 0.3) is 11.8 Å². The number of ether oxygens (including phenoxy) is 1. The Balaban J connectivity index is 2.15. The van der Waals surface area contributed by atoms with Crippen LogP contribution in [0.5, 0.6) is 0 Å². The van der Waals surface area contributed by atoms with Crippen LogP contribution < -0.4 is 4.90 Å². The van der Waals surface area contributed by atoms with E-state index in [1.807, 2.05) is 6.07 Å². The van der Waals surface area contributed by atoms with Gasteiger partial charge in [-0.15, -0.1) is 0 Å². The Labute approximate surface area is 130 Å². The number of nitrogens with zero attached hydrogens (tertiary/aromatic N) is 1. The molecule has 0 N–H and O–H groups in total. The largest absolute Gasteiger partial charge is 0.419 e. The molecule has 0 aromatic heterocycles. The van der Waals surface area contributed by atoms with E-state index >= 15 is 0 Å². The highest BCUT2D eigenvalue weighted by Crippen LogP contribution is 2.39. The molecule has 0 aliphatic carbocycles. The standard InChI is InChI=1S/C17H12F3NO2/c1-21-14-8-7-12(17(18,19)20)10-13(14)15(23-16(21)22)9-11-5-3-2-4-6-11/h2-10H,1H3/b15-9-. The van der Waals surface area contributed by atoms with Crippen molar-refractivity contribution in [3.05, 3.63) is 65.2 Å². The number of carbonyl (C=O) groups excluding carboxylic acids is 1. The number of hydrogen-bond acceptors (Lipinski definition) is 2. The van der Waals surface area contributed by atoms with Crippen molar-refractivity contribution in [1.82, 2.24) is 0 Å². The summed E-state index contributed by atoms with van der Waals surface area (Å²) in [6.07, 6.45) is -3.56. The minimum atomic E-state index is -4.47. The summed E-state index contributed by atoms with van der Waals surface area (Å²) in [5.41, 5.74) is 0.534. The number of anilines is 1. The van der Waals surface area contributed by atoms with Gasteiger partial charge < -0.3 is 4.74 Å². The Kier molecular flexibility index (Phi) is 3.60. The molecule has 0 radical (unpaired) electrons. The lowest BCUT2D eigenvalue weighted by atomic mass is 10.0. The molecule has 1 amide bonds. The van der Waals surface area contributed by atoms with Gasteiger partial charge in [-0.3, -0.25) is 4.90 Å². The maximum Gasteiger partial charge on any atom is 0.419 e. The minimum Gasteiger partial charge on any atom is -0.409 e. The van der Waals surface area contributed by atoms with Crippen molar-refractivity contribution in [2.75, 3.05) is 11.9 Å². The molecule has 3 rings (SSSR count). The minimum absolute atomic E-state index is 0.0976. The Morgan fingerprint density at radius 1 is 1.09 bits per heavy atom. The van der Waals surface area contributed by atoms with Crippen molar-refractivity contribution in [2.45, 2.75) is 6.18 Å². The van der Waals surface area contributed by atoms with Gasteiger partial charge in [-0.2, -0.15) is 13.2 Å². The number of hydrogen-bond donors (Lipinski definition) is 0. The Morgan fingerprint density at radius 2 is 1.78 bits per heavy atom. The fraction of sp³-hybridized carbons (Fsp3) is 0.118. The molecule has 118 valence electrons. The summed E-state index contributed by atoms with van der Waals surface area (Å²) in [5.74, 6) is 0.0976. The SMILES string of the molecule is CN1C(=O)O/C(=C\c2ccccc2)c2cc(C(F)(F)F)ccc21. The van der Waals surface area contributed by atoms with Gasteiger partial charge in [0.1, 0.15) is 5.76 Å². The number of cyclic esters (lactones) is 1. The molecule has 3 nitrogen and oxygen atoms in total. The van der Waals surface area contributed by atoms with Crippen molar-refractivity contribution < 1.29 is 22.7 Å². The van der Waals surface area contributed by atoms with Crippen LogP contribution in [0.4, 0.5) is 23.7 Å². The van der Waals surface area contributed by atoms with Gasteiger partial charge in [0, 0.05) is 12.6 Å². The smallest absolute Gasteiger partial charge is 0.409 e. The number of fused-ring (bicyclic) bond motifs is 1. The monoisotopic (exact) mass is 319 g/mol. The normalized spacial score (nSPS) is 16.3. The summed E-state index contributed by atoms with van der Waals surface area (Å²) in [6, 6.07) is 12.2. The van der Waals surface area contributed by atoms with Crippen molar-refractivity contribution in [3.8, 4) is 0 Å². The predicted octanol–water partition coefficient (Wildman–Crippen LogP) is 4.79. The molecule has 0 saturated heterocycles. The fourth-order valence-electron chi connectivity index (χ4n) is 2.33. The summed E-state index contributed by atoms with van der Waals surface area (Å²) in [7, 11) is 1.45. The van der Waals surface area contributed by atoms with E-state index in [0.29, 0.717) is 5.69 Å². The molecule has 0 bridgehead atoms. The van der Waals surface area contributed by atoms with Crippen molar-refractivity contribution in [3.63, 3.8) is 0 Å². The lowest BCUT2D eigenvalue weighted by molar-refractivity contribution is -0.137. The zero-order valence-corrected chi connectivity index (χ0v) is 12.1. The van der Waals surface area contributed by atoms with Gasteiger partial charge in [0.15, 0.2) is 0 Å². The average Bonchev–Trinajstić information content (AvgIpc) is 2.52. The summed E-state index contributed by atoms with van der Waals surface area (Å²) in [5, 5.41) is 0. The lowest BCUT2D eigenvalue weighted by Gasteiger charge is -2.27. The van der Waals surface area contributed by atoms with Crippen molar-refractivity contribution in [2.24, 2.45) is 0 Å². The summed E-state index contributed by atoms with van der Waals surface area (Å²) >= 11 is 0. The first kappa shape index (κ1) is 15.1. The zero-order valence-electron chi connectivity index (χ0n) is 12.1. The maximum absolute atomic E-state index is 12.9. The summed E-state index contributed by atoms with van der Waals surface area (Å²) in [4.78, 5) is 13.1. The third-order valence-corrected chi connectivity index (χ3v) is 3.52. The molecule has 0 atom stereocenters. The van der Waals surface area contributed by atoms with Gasteiger partial charge >= 0.3 is 12.3 Å². The second-order valence-electron chi connectivity index (χ2n) is 5.08. The molecule has 0 saturated carbocycles. The third-order valence-electron chi connectivity index (χ3n) is 3.52. The molecule has 0 unspecified atom stereocenters. The average molecular weight is 319 g/mol. The topological polar surface area (TPSA) is 29.5 Å². The van der Waals surface area contributed by atoms with Crippen LogP contribution in [0.15, 0.2) is 48.5 Å². The molecule has 0 spiro atoms. The highest BCUT2D eigenvalue weighted by atomic mass is 19.4. The lowest BCUT2D eigenvalue weighted by Crippen LogP contribution is -2.31. The van der Waals surface area contributed by atoms with Crippen LogP contribution in [-0.2, 0) is 10.9 Å². The molecule has 2 aromatic carbocycles. The van der Waals surface area contributed by atoms with Gasteiger partial charge in [-0.05, 0) is 29.8 Å². The molecular weight excluding hydrogens is 307 g/mol. The maximum atomic E-state index is 12.9. The number of rotatable bonds is 1. The van der Waals surface area contributed by atoms with Crippen LogP contribution in [0.1, 0.15) is 16.7 Å². The number of alkyl halides is 3. The van der Waals surface area contributed by atoms with E-state index in [2.05, 4.69) is 0 Å². The number of halogens is 3. The van der Waals surface area contributed by atoms with E-state index in [-0.39, 0.29) is 11.3 Å². The molecule has 1 aliphatic heterocycles. The van der Waals surface area contributed by atoms with Gasteiger partial charge in [-0.1, -0.05) is 30.3 Å². The second-order valence-corrected chi connectivity index (χ2v) is 5.08. The van der Waals surface area contributed by atoms with E-state index in [4.69, 9.17) is 4.74 Å². The predicted molar refractivity (Wildman–Crippen MR) is 80.6 cm³/mol. The van der Waals surface area contributed by atoms with E-state index in [1.54, 1.807) is 30.3 Å². The molecule has 6 heteroatoms. The molecule has 1 heterocycles. The number of amides is 1. The van der Waals surface area contributed by atoms with E-state index < -0.39 is 17.8 Å². The van der Waals surface area contributed by atoms with Crippen LogP contribution in [-0.4, -0.2) is 13.1 Å². The Morgan fingerprint density at radius 3 is 2.43 bits per heavy atom. The van der Waals surface area contributed by atoms with Crippen LogP contribution >= 0.6 is 0 Å². The first-order chi connectivity index (χ1) is 10.9. The van der Waals surface area contributed by atoms with E-state index in [1.165, 1.54) is 18.0 Å². The van der Waals surface area contributed by atoms with Gasteiger partial charge in [0.05, 0.1) is 11.3 Å².